The lowest BCUT2D eigenvalue weighted by molar-refractivity contribution is 0.325. The zero-order valence-corrected chi connectivity index (χ0v) is 13.2. The Hall–Kier alpha value is -1.59. The Morgan fingerprint density at radius 1 is 1.33 bits per heavy atom. The van der Waals surface area contributed by atoms with Crippen LogP contribution in [0.25, 0.3) is 0 Å². The summed E-state index contributed by atoms with van der Waals surface area (Å²) in [7, 11) is 3.40. The van der Waals surface area contributed by atoms with Crippen LogP contribution in [-0.4, -0.2) is 37.2 Å². The molecule has 0 amide bonds. The minimum absolute atomic E-state index is 0.503. The highest BCUT2D eigenvalue weighted by Crippen LogP contribution is 2.39. The fraction of sp³-hybridized carbons (Fsp3) is 0.438. The molecule has 1 aromatic carbocycles. The minimum atomic E-state index is 0.503. The first-order valence-corrected chi connectivity index (χ1v) is 8.00. The van der Waals surface area contributed by atoms with E-state index in [9.17, 15) is 0 Å². The monoisotopic (exact) mass is 304 g/mol. The van der Waals surface area contributed by atoms with Crippen LogP contribution in [0.5, 0.6) is 11.5 Å². The first-order chi connectivity index (χ1) is 10.3. The van der Waals surface area contributed by atoms with Gasteiger partial charge in [-0.2, -0.15) is 0 Å². The summed E-state index contributed by atoms with van der Waals surface area (Å²) in [4.78, 5) is 7.96. The van der Waals surface area contributed by atoms with E-state index in [0.717, 1.165) is 37.6 Å². The highest BCUT2D eigenvalue weighted by Gasteiger charge is 2.27. The Bertz CT molecular complexity index is 586. The maximum Gasteiger partial charge on any atom is 0.164 e. The zero-order valence-electron chi connectivity index (χ0n) is 12.4. The van der Waals surface area contributed by atoms with Gasteiger partial charge in [-0.25, -0.2) is 0 Å². The summed E-state index contributed by atoms with van der Waals surface area (Å²) in [5.74, 6) is 2.20. The first-order valence-electron chi connectivity index (χ1n) is 7.12. The smallest absolute Gasteiger partial charge is 0.164 e. The largest absolute Gasteiger partial charge is 0.493 e. The highest BCUT2D eigenvalue weighted by atomic mass is 32.1. The second kappa shape index (κ2) is 6.45. The second-order valence-electron chi connectivity index (χ2n) is 5.27. The van der Waals surface area contributed by atoms with Gasteiger partial charge in [0.05, 0.1) is 19.7 Å². The van der Waals surface area contributed by atoms with Gasteiger partial charge >= 0.3 is 0 Å². The Morgan fingerprint density at radius 3 is 2.95 bits per heavy atom. The number of ether oxygens (including phenoxy) is 2. The van der Waals surface area contributed by atoms with Crippen molar-refractivity contribution in [3.63, 3.8) is 0 Å². The van der Waals surface area contributed by atoms with Crippen LogP contribution in [0.1, 0.15) is 22.8 Å². The summed E-state index contributed by atoms with van der Waals surface area (Å²) in [5.41, 5.74) is 3.15. The summed E-state index contributed by atoms with van der Waals surface area (Å²) in [6.45, 7) is 3.16. The molecule has 0 saturated carbocycles. The van der Waals surface area contributed by atoms with E-state index in [1.807, 2.05) is 23.8 Å². The van der Waals surface area contributed by atoms with Gasteiger partial charge in [0, 0.05) is 35.6 Å². The summed E-state index contributed by atoms with van der Waals surface area (Å²) in [6, 6.07) is 6.15. The van der Waals surface area contributed by atoms with E-state index in [1.165, 1.54) is 10.4 Å². The number of hydrogen-bond donors (Lipinski definition) is 0. The lowest BCUT2D eigenvalue weighted by atomic mass is 9.97. The number of methoxy groups -OCH3 is 2. The van der Waals surface area contributed by atoms with Crippen molar-refractivity contribution >= 4 is 11.3 Å². The number of para-hydroxylation sites is 1. The van der Waals surface area contributed by atoms with Crippen molar-refractivity contribution in [3.05, 3.63) is 40.3 Å². The molecule has 21 heavy (non-hydrogen) atoms. The third-order valence-electron chi connectivity index (χ3n) is 4.01. The van der Waals surface area contributed by atoms with Crippen LogP contribution in [0.15, 0.2) is 29.9 Å². The summed E-state index contributed by atoms with van der Waals surface area (Å²) >= 11 is 1.72. The molecule has 4 nitrogen and oxygen atoms in total. The van der Waals surface area contributed by atoms with Gasteiger partial charge in [0.15, 0.2) is 11.5 Å². The molecule has 0 bridgehead atoms. The minimum Gasteiger partial charge on any atom is -0.493 e. The number of likely N-dealkylation sites (tertiary alicyclic amines) is 1. The van der Waals surface area contributed by atoms with Crippen LogP contribution in [0, 0.1) is 0 Å². The van der Waals surface area contributed by atoms with Gasteiger partial charge in [-0.15, -0.1) is 11.3 Å². The Kier molecular flexibility index (Phi) is 4.41. The van der Waals surface area contributed by atoms with Gasteiger partial charge in [0.2, 0.25) is 0 Å². The number of rotatable bonds is 5. The van der Waals surface area contributed by atoms with Gasteiger partial charge in [-0.05, 0) is 19.0 Å². The Morgan fingerprint density at radius 2 is 2.24 bits per heavy atom. The van der Waals surface area contributed by atoms with E-state index in [0.29, 0.717) is 5.92 Å². The van der Waals surface area contributed by atoms with Crippen molar-refractivity contribution in [1.29, 1.82) is 0 Å². The Labute approximate surface area is 129 Å². The highest BCUT2D eigenvalue weighted by molar-refractivity contribution is 7.09. The van der Waals surface area contributed by atoms with Crippen LogP contribution in [0.2, 0.25) is 0 Å². The van der Waals surface area contributed by atoms with Crippen molar-refractivity contribution in [2.24, 2.45) is 0 Å². The van der Waals surface area contributed by atoms with Crippen LogP contribution in [0.4, 0.5) is 0 Å². The van der Waals surface area contributed by atoms with E-state index in [1.54, 1.807) is 25.6 Å². The molecule has 0 aliphatic carbocycles. The van der Waals surface area contributed by atoms with E-state index in [2.05, 4.69) is 16.0 Å². The van der Waals surface area contributed by atoms with E-state index < -0.39 is 0 Å². The lowest BCUT2D eigenvalue weighted by Gasteiger charge is -2.18. The first kappa shape index (κ1) is 14.4. The molecule has 3 rings (SSSR count). The molecule has 1 fully saturated rings. The molecular formula is C16H20N2O2S. The van der Waals surface area contributed by atoms with Crippen LogP contribution < -0.4 is 9.47 Å². The molecule has 112 valence electrons. The fourth-order valence-corrected chi connectivity index (χ4v) is 3.64. The van der Waals surface area contributed by atoms with Crippen molar-refractivity contribution in [3.8, 4) is 11.5 Å². The molecule has 2 heterocycles. The molecule has 1 saturated heterocycles. The molecular weight excluding hydrogens is 284 g/mol. The number of benzene rings is 1. The van der Waals surface area contributed by atoms with Crippen LogP contribution in [-0.2, 0) is 6.54 Å². The summed E-state index contributed by atoms with van der Waals surface area (Å²) in [6.07, 6.45) is 3.12. The van der Waals surface area contributed by atoms with Crippen LogP contribution in [0.3, 0.4) is 0 Å². The predicted octanol–water partition coefficient (Wildman–Crippen LogP) is 3.15. The molecule has 0 N–H and O–H groups in total. The number of thiazole rings is 1. The summed E-state index contributed by atoms with van der Waals surface area (Å²) < 4.78 is 11.0. The quantitative estimate of drug-likeness (QED) is 0.850. The average Bonchev–Trinajstić information content (AvgIpc) is 3.18. The fourth-order valence-electron chi connectivity index (χ4n) is 3.00. The molecule has 1 atom stereocenters. The Balaban J connectivity index is 1.74. The van der Waals surface area contributed by atoms with Gasteiger partial charge in [0.25, 0.3) is 0 Å². The topological polar surface area (TPSA) is 34.6 Å². The molecule has 1 aliphatic rings. The predicted molar refractivity (Wildman–Crippen MR) is 84.3 cm³/mol. The normalized spacial score (nSPS) is 18.9. The van der Waals surface area contributed by atoms with Crippen molar-refractivity contribution in [2.75, 3.05) is 27.3 Å². The van der Waals surface area contributed by atoms with Crippen molar-refractivity contribution in [1.82, 2.24) is 9.88 Å². The number of aromatic nitrogens is 1. The van der Waals surface area contributed by atoms with Crippen molar-refractivity contribution < 1.29 is 9.47 Å². The van der Waals surface area contributed by atoms with E-state index in [4.69, 9.17) is 9.47 Å². The average molecular weight is 304 g/mol. The number of hydrogen-bond acceptors (Lipinski definition) is 5. The molecule has 1 aromatic heterocycles. The maximum atomic E-state index is 5.57. The van der Waals surface area contributed by atoms with E-state index in [-0.39, 0.29) is 0 Å². The van der Waals surface area contributed by atoms with Gasteiger partial charge in [0.1, 0.15) is 0 Å². The molecule has 0 radical (unpaired) electrons. The van der Waals surface area contributed by atoms with Gasteiger partial charge < -0.3 is 9.47 Å². The number of nitrogens with zero attached hydrogens (tertiary/aromatic N) is 2. The van der Waals surface area contributed by atoms with Gasteiger partial charge in [-0.1, -0.05) is 12.1 Å². The molecule has 1 aliphatic heterocycles. The molecule has 0 spiro atoms. The molecule has 1 unspecified atom stereocenters. The third kappa shape index (κ3) is 3.04. The molecule has 2 aromatic rings. The van der Waals surface area contributed by atoms with E-state index >= 15 is 0 Å². The second-order valence-corrected chi connectivity index (χ2v) is 6.24. The standard InChI is InChI=1S/C16H20N2O2S/c1-19-15-5-3-4-14(16(15)20-2)12-6-7-18(9-12)10-13-8-17-11-21-13/h3-5,8,11-12H,6-7,9-10H2,1-2H3. The van der Waals surface area contributed by atoms with Gasteiger partial charge in [-0.3, -0.25) is 9.88 Å². The third-order valence-corrected chi connectivity index (χ3v) is 4.77. The lowest BCUT2D eigenvalue weighted by Crippen LogP contribution is -2.19. The zero-order chi connectivity index (χ0) is 14.7. The SMILES string of the molecule is COc1cccc(C2CCN(Cc3cncs3)C2)c1OC. The maximum absolute atomic E-state index is 5.57. The molecule has 5 heteroatoms. The van der Waals surface area contributed by atoms with Crippen LogP contribution >= 0.6 is 11.3 Å². The van der Waals surface area contributed by atoms with Crippen molar-refractivity contribution in [2.45, 2.75) is 18.9 Å². The summed E-state index contributed by atoms with van der Waals surface area (Å²) in [5, 5.41) is 0.